The lowest BCUT2D eigenvalue weighted by atomic mass is 10.1. The normalized spacial score (nSPS) is 11.1. The third kappa shape index (κ3) is 2.29. The highest BCUT2D eigenvalue weighted by atomic mass is 35.5. The van der Waals surface area contributed by atoms with Crippen LogP contribution in [-0.2, 0) is 13.5 Å². The number of phenolic OH excluding ortho intramolecular Hbond substituents is 1. The van der Waals surface area contributed by atoms with E-state index in [0.717, 1.165) is 22.4 Å². The summed E-state index contributed by atoms with van der Waals surface area (Å²) in [6.45, 7) is 0. The van der Waals surface area contributed by atoms with E-state index in [1.54, 1.807) is 12.1 Å². The van der Waals surface area contributed by atoms with E-state index in [9.17, 15) is 5.11 Å². The van der Waals surface area contributed by atoms with Gasteiger partial charge in [-0.05, 0) is 35.9 Å². The van der Waals surface area contributed by atoms with Crippen molar-refractivity contribution in [1.29, 1.82) is 0 Å². The Labute approximate surface area is 116 Å². The first kappa shape index (κ1) is 12.1. The third-order valence-corrected chi connectivity index (χ3v) is 3.44. The Morgan fingerprint density at radius 2 is 2.05 bits per heavy atom. The van der Waals surface area contributed by atoms with Crippen molar-refractivity contribution in [3.05, 3.63) is 58.9 Å². The van der Waals surface area contributed by atoms with Crippen molar-refractivity contribution in [2.45, 2.75) is 6.42 Å². The van der Waals surface area contributed by atoms with E-state index in [4.69, 9.17) is 11.6 Å². The summed E-state index contributed by atoms with van der Waals surface area (Å²) in [5, 5.41) is 10.2. The van der Waals surface area contributed by atoms with Crippen molar-refractivity contribution in [2.75, 3.05) is 0 Å². The van der Waals surface area contributed by atoms with Crippen LogP contribution in [0, 0.1) is 0 Å². The van der Waals surface area contributed by atoms with E-state index < -0.39 is 0 Å². The van der Waals surface area contributed by atoms with Gasteiger partial charge in [0.15, 0.2) is 0 Å². The van der Waals surface area contributed by atoms with Gasteiger partial charge in [0.1, 0.15) is 11.6 Å². The number of imidazole rings is 1. The number of benzene rings is 2. The Morgan fingerprint density at radius 3 is 2.84 bits per heavy atom. The molecule has 0 amide bonds. The second-order valence-electron chi connectivity index (χ2n) is 4.57. The average molecular weight is 273 g/mol. The lowest BCUT2D eigenvalue weighted by molar-refractivity contribution is 0.474. The second-order valence-corrected chi connectivity index (χ2v) is 5.00. The Hall–Kier alpha value is -2.00. The van der Waals surface area contributed by atoms with Crippen LogP contribution in [0.2, 0.25) is 5.02 Å². The van der Waals surface area contributed by atoms with E-state index >= 15 is 0 Å². The summed E-state index contributed by atoms with van der Waals surface area (Å²) < 4.78 is 2.05. The molecule has 3 nitrogen and oxygen atoms in total. The van der Waals surface area contributed by atoms with Crippen molar-refractivity contribution in [2.24, 2.45) is 7.05 Å². The quantitative estimate of drug-likeness (QED) is 0.775. The molecule has 0 atom stereocenters. The minimum atomic E-state index is 0.277. The van der Waals surface area contributed by atoms with Crippen LogP contribution in [0.1, 0.15) is 11.4 Å². The number of aryl methyl sites for hydroxylation is 1. The highest BCUT2D eigenvalue weighted by Crippen LogP contribution is 2.21. The van der Waals surface area contributed by atoms with Crippen LogP contribution in [0.25, 0.3) is 11.0 Å². The highest BCUT2D eigenvalue weighted by Gasteiger charge is 2.09. The number of aromatic hydroxyl groups is 1. The molecule has 0 bridgehead atoms. The largest absolute Gasteiger partial charge is 0.508 e. The molecule has 0 aliphatic carbocycles. The third-order valence-electron chi connectivity index (χ3n) is 3.21. The second kappa shape index (κ2) is 4.59. The summed E-state index contributed by atoms with van der Waals surface area (Å²) in [6.07, 6.45) is 0.678. The fraction of sp³-hybridized carbons (Fsp3) is 0.133. The summed E-state index contributed by atoms with van der Waals surface area (Å²) >= 11 is 5.98. The number of fused-ring (bicyclic) bond motifs is 1. The van der Waals surface area contributed by atoms with Crippen molar-refractivity contribution in [3.63, 3.8) is 0 Å². The topological polar surface area (TPSA) is 38.0 Å². The standard InChI is InChI=1S/C15H13ClN2O/c1-18-14-6-5-11(16)9-13(14)17-15(18)8-10-3-2-4-12(19)7-10/h2-7,9,19H,8H2,1H3. The van der Waals surface area contributed by atoms with Gasteiger partial charge < -0.3 is 9.67 Å². The fourth-order valence-corrected chi connectivity index (χ4v) is 2.40. The Kier molecular flexibility index (Phi) is 2.91. The zero-order valence-electron chi connectivity index (χ0n) is 10.5. The lowest BCUT2D eigenvalue weighted by Crippen LogP contribution is -1.98. The van der Waals surface area contributed by atoms with E-state index in [-0.39, 0.29) is 5.75 Å². The average Bonchev–Trinajstić information content (AvgIpc) is 2.66. The number of hydrogen-bond donors (Lipinski definition) is 1. The molecule has 0 saturated carbocycles. The maximum Gasteiger partial charge on any atom is 0.115 e. The molecule has 0 fully saturated rings. The summed E-state index contributed by atoms with van der Waals surface area (Å²) in [6, 6.07) is 12.9. The van der Waals surface area contributed by atoms with Gasteiger partial charge in [0, 0.05) is 18.5 Å². The molecule has 96 valence electrons. The van der Waals surface area contributed by atoms with Crippen LogP contribution in [0.4, 0.5) is 0 Å². The molecule has 3 rings (SSSR count). The zero-order chi connectivity index (χ0) is 13.4. The molecule has 2 aromatic carbocycles. The number of aromatic nitrogens is 2. The molecule has 19 heavy (non-hydrogen) atoms. The van der Waals surface area contributed by atoms with Gasteiger partial charge in [0.2, 0.25) is 0 Å². The van der Waals surface area contributed by atoms with Gasteiger partial charge in [0.05, 0.1) is 11.0 Å². The number of hydrogen-bond acceptors (Lipinski definition) is 2. The molecule has 1 aromatic heterocycles. The van der Waals surface area contributed by atoms with E-state index in [1.165, 1.54) is 0 Å². The maximum absolute atomic E-state index is 9.49. The molecule has 3 aromatic rings. The Balaban J connectivity index is 2.03. The molecule has 1 heterocycles. The minimum absolute atomic E-state index is 0.277. The van der Waals surface area contributed by atoms with Gasteiger partial charge in [-0.3, -0.25) is 0 Å². The van der Waals surface area contributed by atoms with Crippen LogP contribution in [0.3, 0.4) is 0 Å². The Morgan fingerprint density at radius 1 is 1.21 bits per heavy atom. The number of halogens is 1. The van der Waals surface area contributed by atoms with Gasteiger partial charge in [-0.15, -0.1) is 0 Å². The fourth-order valence-electron chi connectivity index (χ4n) is 2.23. The molecule has 0 radical (unpaired) electrons. The van der Waals surface area contributed by atoms with Crippen LogP contribution >= 0.6 is 11.6 Å². The molecule has 0 spiro atoms. The van der Waals surface area contributed by atoms with Crippen molar-refractivity contribution in [1.82, 2.24) is 9.55 Å². The molecular formula is C15H13ClN2O. The summed E-state index contributed by atoms with van der Waals surface area (Å²) in [5.41, 5.74) is 2.98. The molecule has 0 aliphatic rings. The molecule has 0 aliphatic heterocycles. The minimum Gasteiger partial charge on any atom is -0.508 e. The summed E-state index contributed by atoms with van der Waals surface area (Å²) in [7, 11) is 1.99. The first-order chi connectivity index (χ1) is 9.13. The van der Waals surface area contributed by atoms with Crippen LogP contribution < -0.4 is 0 Å². The first-order valence-electron chi connectivity index (χ1n) is 6.02. The smallest absolute Gasteiger partial charge is 0.115 e. The lowest BCUT2D eigenvalue weighted by Gasteiger charge is -2.03. The van der Waals surface area contributed by atoms with E-state index in [1.807, 2.05) is 37.4 Å². The first-order valence-corrected chi connectivity index (χ1v) is 6.40. The monoisotopic (exact) mass is 272 g/mol. The van der Waals surface area contributed by atoms with Gasteiger partial charge in [0.25, 0.3) is 0 Å². The van der Waals surface area contributed by atoms with Crippen molar-refractivity contribution in [3.8, 4) is 5.75 Å². The van der Waals surface area contributed by atoms with E-state index in [0.29, 0.717) is 11.4 Å². The van der Waals surface area contributed by atoms with Gasteiger partial charge >= 0.3 is 0 Å². The predicted octanol–water partition coefficient (Wildman–Crippen LogP) is 3.52. The number of phenols is 1. The SMILES string of the molecule is Cn1c(Cc2cccc(O)c2)nc2cc(Cl)ccc21. The molecule has 0 unspecified atom stereocenters. The van der Waals surface area contributed by atoms with E-state index in [2.05, 4.69) is 9.55 Å². The molecule has 0 saturated heterocycles. The van der Waals surface area contributed by atoms with Crippen LogP contribution in [0.15, 0.2) is 42.5 Å². The van der Waals surface area contributed by atoms with Gasteiger partial charge in [-0.2, -0.15) is 0 Å². The Bertz CT molecular complexity index is 749. The molecule has 1 N–H and O–H groups in total. The van der Waals surface area contributed by atoms with Crippen LogP contribution in [-0.4, -0.2) is 14.7 Å². The number of rotatable bonds is 2. The van der Waals surface area contributed by atoms with Gasteiger partial charge in [-0.25, -0.2) is 4.98 Å². The molecular weight excluding hydrogens is 260 g/mol. The predicted molar refractivity (Wildman–Crippen MR) is 76.6 cm³/mol. The summed E-state index contributed by atoms with van der Waals surface area (Å²) in [4.78, 5) is 4.59. The van der Waals surface area contributed by atoms with Crippen molar-refractivity contribution >= 4 is 22.6 Å². The number of nitrogens with zero attached hydrogens (tertiary/aromatic N) is 2. The maximum atomic E-state index is 9.49. The molecule has 4 heteroatoms. The zero-order valence-corrected chi connectivity index (χ0v) is 11.2. The highest BCUT2D eigenvalue weighted by molar-refractivity contribution is 6.31. The van der Waals surface area contributed by atoms with Gasteiger partial charge in [-0.1, -0.05) is 23.7 Å². The summed E-state index contributed by atoms with van der Waals surface area (Å²) in [5.74, 6) is 1.22. The van der Waals surface area contributed by atoms with Crippen molar-refractivity contribution < 1.29 is 5.11 Å². The van der Waals surface area contributed by atoms with Crippen LogP contribution in [0.5, 0.6) is 5.75 Å².